The molecule has 4 rings (SSSR count). The molecule has 2 heterocycles. The van der Waals surface area contributed by atoms with Crippen LogP contribution in [0.15, 0.2) is 47.0 Å². The number of hydrogen-bond acceptors (Lipinski definition) is 9. The predicted molar refractivity (Wildman–Crippen MR) is 113 cm³/mol. The number of carbonyl (C=O) groups excluding carboxylic acids is 1. The van der Waals surface area contributed by atoms with Gasteiger partial charge in [-0.15, -0.1) is 0 Å². The first-order valence-corrected chi connectivity index (χ1v) is 10.6. The van der Waals surface area contributed by atoms with E-state index < -0.39 is 6.29 Å². The standard InChI is InChI=1S/C12H16O5.C11H16O4/c1-15-11(14)9-6-17-12(16-2)10-7(5-13)3-4-8(9)10;1-14-11-10-7(4-12)2-3-9(10)8(5-13)6-15-11/h3,6,8,10,12-13H,4-5H2,1-2H3;2,6,9-13H,3-5H2,1H3. The quantitative estimate of drug-likeness (QED) is 0.400. The molecule has 0 aromatic rings. The number of fused-ring (bicyclic) bond motifs is 2. The zero-order valence-corrected chi connectivity index (χ0v) is 18.6. The van der Waals surface area contributed by atoms with Gasteiger partial charge < -0.3 is 39.0 Å². The Morgan fingerprint density at radius 1 is 0.844 bits per heavy atom. The van der Waals surface area contributed by atoms with Crippen LogP contribution >= 0.6 is 0 Å². The number of methoxy groups -OCH3 is 3. The van der Waals surface area contributed by atoms with Gasteiger partial charge in [-0.05, 0) is 29.6 Å². The summed E-state index contributed by atoms with van der Waals surface area (Å²) < 4.78 is 25.9. The van der Waals surface area contributed by atoms with Crippen molar-refractivity contribution in [2.45, 2.75) is 25.4 Å². The topological polar surface area (TPSA) is 124 Å². The largest absolute Gasteiger partial charge is 0.472 e. The zero-order valence-electron chi connectivity index (χ0n) is 18.6. The fourth-order valence-corrected chi connectivity index (χ4v) is 4.93. The first-order chi connectivity index (χ1) is 15.5. The van der Waals surface area contributed by atoms with Crippen molar-refractivity contribution in [1.82, 2.24) is 0 Å². The van der Waals surface area contributed by atoms with Crippen LogP contribution in [0.25, 0.3) is 0 Å². The van der Waals surface area contributed by atoms with E-state index in [4.69, 9.17) is 23.7 Å². The van der Waals surface area contributed by atoms with Crippen LogP contribution in [0.3, 0.4) is 0 Å². The van der Waals surface area contributed by atoms with Gasteiger partial charge in [0.2, 0.25) is 12.6 Å². The third-order valence-electron chi connectivity index (χ3n) is 6.57. The van der Waals surface area contributed by atoms with Gasteiger partial charge in [-0.3, -0.25) is 0 Å². The molecule has 6 atom stereocenters. The molecule has 2 aliphatic carbocycles. The van der Waals surface area contributed by atoms with Gasteiger partial charge in [0.1, 0.15) is 0 Å². The van der Waals surface area contributed by atoms with Crippen molar-refractivity contribution < 1.29 is 43.8 Å². The molecule has 0 aromatic heterocycles. The van der Waals surface area contributed by atoms with E-state index in [1.54, 1.807) is 20.5 Å². The maximum Gasteiger partial charge on any atom is 0.337 e. The Bertz CT molecular complexity index is 797. The highest BCUT2D eigenvalue weighted by molar-refractivity contribution is 5.89. The number of allylic oxidation sites excluding steroid dienone is 2. The molecule has 0 saturated heterocycles. The normalized spacial score (nSPS) is 32.6. The second kappa shape index (κ2) is 11.1. The molecule has 9 heteroatoms. The monoisotopic (exact) mass is 452 g/mol. The second-order valence-electron chi connectivity index (χ2n) is 8.01. The molecule has 3 N–H and O–H groups in total. The van der Waals surface area contributed by atoms with Gasteiger partial charge in [0.25, 0.3) is 0 Å². The Balaban J connectivity index is 0.000000182. The van der Waals surface area contributed by atoms with E-state index >= 15 is 0 Å². The molecule has 0 spiro atoms. The lowest BCUT2D eigenvalue weighted by Crippen LogP contribution is -2.36. The summed E-state index contributed by atoms with van der Waals surface area (Å²) in [5.41, 5.74) is 3.20. The zero-order chi connectivity index (χ0) is 23.3. The maximum atomic E-state index is 11.6. The Morgan fingerprint density at radius 2 is 1.34 bits per heavy atom. The lowest BCUT2D eigenvalue weighted by atomic mass is 9.83. The van der Waals surface area contributed by atoms with Crippen LogP contribution in [-0.4, -0.2) is 75.0 Å². The van der Waals surface area contributed by atoms with Crippen molar-refractivity contribution in [2.75, 3.05) is 41.2 Å². The molecule has 0 bridgehead atoms. The van der Waals surface area contributed by atoms with E-state index in [2.05, 4.69) is 0 Å². The lowest BCUT2D eigenvalue weighted by Gasteiger charge is -2.34. The fraction of sp³-hybridized carbons (Fsp3) is 0.609. The molecular formula is C23H32O9. The van der Waals surface area contributed by atoms with Crippen molar-refractivity contribution >= 4 is 5.97 Å². The number of hydrogen-bond donors (Lipinski definition) is 3. The predicted octanol–water partition coefficient (Wildman–Crippen LogP) is 1.02. The molecule has 2 aliphatic heterocycles. The van der Waals surface area contributed by atoms with E-state index in [1.807, 2.05) is 12.2 Å². The molecular weight excluding hydrogens is 420 g/mol. The first kappa shape index (κ1) is 24.5. The van der Waals surface area contributed by atoms with Crippen LogP contribution in [-0.2, 0) is 28.5 Å². The van der Waals surface area contributed by atoms with Crippen molar-refractivity contribution in [1.29, 1.82) is 0 Å². The number of carbonyl (C=O) groups is 1. The van der Waals surface area contributed by atoms with Crippen LogP contribution in [0, 0.1) is 23.7 Å². The average molecular weight is 453 g/mol. The van der Waals surface area contributed by atoms with Gasteiger partial charge in [-0.1, -0.05) is 12.2 Å². The first-order valence-electron chi connectivity index (χ1n) is 10.6. The second-order valence-corrected chi connectivity index (χ2v) is 8.01. The molecule has 6 unspecified atom stereocenters. The van der Waals surface area contributed by atoms with Crippen LogP contribution < -0.4 is 0 Å². The molecule has 0 aromatic carbocycles. The summed E-state index contributed by atoms with van der Waals surface area (Å²) in [6.45, 7) is -0.00785. The van der Waals surface area contributed by atoms with E-state index in [1.165, 1.54) is 13.4 Å². The molecule has 4 aliphatic rings. The minimum Gasteiger partial charge on any atom is -0.472 e. The van der Waals surface area contributed by atoms with Gasteiger partial charge in [0.15, 0.2) is 0 Å². The Kier molecular flexibility index (Phi) is 8.50. The number of ether oxygens (including phenoxy) is 5. The molecule has 9 nitrogen and oxygen atoms in total. The minimum atomic E-state index is -0.450. The summed E-state index contributed by atoms with van der Waals surface area (Å²) in [6.07, 6.45) is 7.70. The Labute approximate surface area is 187 Å². The van der Waals surface area contributed by atoms with Crippen LogP contribution in [0.4, 0.5) is 0 Å². The number of esters is 1. The molecule has 32 heavy (non-hydrogen) atoms. The van der Waals surface area contributed by atoms with Crippen molar-refractivity contribution in [3.8, 4) is 0 Å². The number of aliphatic hydroxyl groups excluding tert-OH is 3. The summed E-state index contributed by atoms with van der Waals surface area (Å²) in [5.74, 6) is -0.252. The maximum absolute atomic E-state index is 11.6. The van der Waals surface area contributed by atoms with Crippen LogP contribution in [0.2, 0.25) is 0 Å². The van der Waals surface area contributed by atoms with Gasteiger partial charge in [-0.25, -0.2) is 4.79 Å². The smallest absolute Gasteiger partial charge is 0.337 e. The summed E-state index contributed by atoms with van der Waals surface area (Å²) in [6, 6.07) is 0. The highest BCUT2D eigenvalue weighted by atomic mass is 16.7. The van der Waals surface area contributed by atoms with Gasteiger partial charge in [-0.2, -0.15) is 0 Å². The summed E-state index contributed by atoms with van der Waals surface area (Å²) in [7, 11) is 4.48. The highest BCUT2D eigenvalue weighted by Gasteiger charge is 2.44. The highest BCUT2D eigenvalue weighted by Crippen LogP contribution is 2.44. The molecule has 0 amide bonds. The van der Waals surface area contributed by atoms with E-state index in [9.17, 15) is 20.1 Å². The summed E-state index contributed by atoms with van der Waals surface area (Å²) in [4.78, 5) is 11.6. The van der Waals surface area contributed by atoms with Gasteiger partial charge in [0.05, 0.1) is 56.9 Å². The third kappa shape index (κ3) is 4.62. The Hall–Kier alpha value is -2.17. The van der Waals surface area contributed by atoms with E-state index in [0.29, 0.717) is 12.0 Å². The fourth-order valence-electron chi connectivity index (χ4n) is 4.93. The Morgan fingerprint density at radius 3 is 1.84 bits per heavy atom. The molecule has 178 valence electrons. The van der Waals surface area contributed by atoms with E-state index in [0.717, 1.165) is 23.1 Å². The van der Waals surface area contributed by atoms with Crippen LogP contribution in [0.1, 0.15) is 12.8 Å². The SMILES string of the molecule is COC(=O)C1=COC(OC)C2C(CO)=CCC12.COC1OC=C(CO)C2CC=C(CO)C12. The van der Waals surface area contributed by atoms with Crippen molar-refractivity contribution in [2.24, 2.45) is 23.7 Å². The summed E-state index contributed by atoms with van der Waals surface area (Å²) in [5, 5.41) is 27.7. The van der Waals surface area contributed by atoms with E-state index in [-0.39, 0.29) is 55.8 Å². The molecule has 0 radical (unpaired) electrons. The van der Waals surface area contributed by atoms with Crippen molar-refractivity contribution in [3.05, 3.63) is 47.0 Å². The van der Waals surface area contributed by atoms with Gasteiger partial charge >= 0.3 is 5.97 Å². The third-order valence-corrected chi connectivity index (χ3v) is 6.57. The van der Waals surface area contributed by atoms with Gasteiger partial charge in [0, 0.05) is 26.1 Å². The number of aliphatic hydroxyl groups is 3. The molecule has 0 saturated carbocycles. The number of rotatable bonds is 6. The minimum absolute atomic E-state index is 0.00412. The lowest BCUT2D eigenvalue weighted by molar-refractivity contribution is -0.146. The summed E-state index contributed by atoms with van der Waals surface area (Å²) >= 11 is 0. The molecule has 0 fully saturated rings. The van der Waals surface area contributed by atoms with Crippen molar-refractivity contribution in [3.63, 3.8) is 0 Å². The average Bonchev–Trinajstić information content (AvgIpc) is 3.47. The van der Waals surface area contributed by atoms with Crippen LogP contribution in [0.5, 0.6) is 0 Å².